The molecule has 0 spiro atoms. The van der Waals surface area contributed by atoms with E-state index in [1.54, 1.807) is 0 Å². The summed E-state index contributed by atoms with van der Waals surface area (Å²) >= 11 is 0. The summed E-state index contributed by atoms with van der Waals surface area (Å²) in [6, 6.07) is 79.2. The summed E-state index contributed by atoms with van der Waals surface area (Å²) in [4.78, 5) is 15.7. The van der Waals surface area contributed by atoms with Gasteiger partial charge in [-0.05, 0) is 64.2 Å². The van der Waals surface area contributed by atoms with Crippen molar-refractivity contribution in [3.63, 3.8) is 0 Å². The predicted molar refractivity (Wildman–Crippen MR) is 256 cm³/mol. The number of aromatic nitrogens is 5. The first-order chi connectivity index (χ1) is 30.8. The molecule has 0 atom stereocenters. The second-order valence-electron chi connectivity index (χ2n) is 15.6. The molecule has 12 aromatic rings. The monoisotopic (exact) mass is 791 g/mol. The fourth-order valence-corrected chi connectivity index (χ4v) is 9.15. The van der Waals surface area contributed by atoms with Gasteiger partial charge in [-0.25, -0.2) is 4.98 Å². The fraction of sp³-hybridized carbons (Fsp3) is 0. The van der Waals surface area contributed by atoms with Crippen LogP contribution in [-0.4, -0.2) is 24.1 Å². The van der Waals surface area contributed by atoms with Crippen LogP contribution < -0.4 is 0 Å². The Morgan fingerprint density at radius 2 is 0.710 bits per heavy atom. The van der Waals surface area contributed by atoms with Crippen molar-refractivity contribution in [1.82, 2.24) is 24.1 Å². The highest BCUT2D eigenvalue weighted by molar-refractivity contribution is 6.29. The first kappa shape index (κ1) is 35.5. The van der Waals surface area contributed by atoms with Gasteiger partial charge in [0.1, 0.15) is 0 Å². The van der Waals surface area contributed by atoms with Crippen LogP contribution in [0.3, 0.4) is 0 Å². The number of para-hydroxylation sites is 3. The first-order valence-electron chi connectivity index (χ1n) is 21.0. The molecule has 12 rings (SSSR count). The van der Waals surface area contributed by atoms with Gasteiger partial charge < -0.3 is 4.57 Å². The molecule has 0 aliphatic heterocycles. The minimum Gasteiger partial charge on any atom is -0.309 e. The van der Waals surface area contributed by atoms with E-state index in [1.165, 1.54) is 33.0 Å². The van der Waals surface area contributed by atoms with Gasteiger partial charge in [0, 0.05) is 38.2 Å². The molecule has 0 saturated heterocycles. The van der Waals surface area contributed by atoms with Crippen LogP contribution in [0.4, 0.5) is 0 Å². The molecule has 290 valence electrons. The normalized spacial score (nSPS) is 11.5. The Hall–Kier alpha value is -8.41. The van der Waals surface area contributed by atoms with Crippen LogP contribution >= 0.6 is 0 Å². The maximum absolute atomic E-state index is 5.30. The molecular formula is C57H37N5. The summed E-state index contributed by atoms with van der Waals surface area (Å²) in [7, 11) is 0. The van der Waals surface area contributed by atoms with Crippen molar-refractivity contribution in [3.05, 3.63) is 224 Å². The molecule has 5 heteroatoms. The molecule has 0 amide bonds. The molecule has 5 nitrogen and oxygen atoms in total. The Morgan fingerprint density at radius 1 is 0.274 bits per heavy atom. The van der Waals surface area contributed by atoms with Gasteiger partial charge in [0.05, 0.1) is 27.8 Å². The van der Waals surface area contributed by atoms with Crippen molar-refractivity contribution in [2.24, 2.45) is 0 Å². The SMILES string of the molecule is c1ccc(-c2cccc(-c3ccc(-c4nc(-c5ccccc5)nc(-n5c6ccccc6c6c7c8ccccc8n(-c8ccccc8-c8ccccc8)c7ccc65)n4)cc3)c2)cc1. The van der Waals surface area contributed by atoms with Crippen molar-refractivity contribution in [1.29, 1.82) is 0 Å². The zero-order valence-corrected chi connectivity index (χ0v) is 33.6. The number of hydrogen-bond acceptors (Lipinski definition) is 3. The van der Waals surface area contributed by atoms with Crippen LogP contribution in [-0.2, 0) is 0 Å². The molecule has 0 radical (unpaired) electrons. The molecular weight excluding hydrogens is 755 g/mol. The maximum atomic E-state index is 5.30. The molecule has 0 saturated carbocycles. The molecule has 0 N–H and O–H groups in total. The van der Waals surface area contributed by atoms with E-state index >= 15 is 0 Å². The van der Waals surface area contributed by atoms with Gasteiger partial charge in [-0.1, -0.05) is 188 Å². The largest absolute Gasteiger partial charge is 0.309 e. The summed E-state index contributed by atoms with van der Waals surface area (Å²) in [5, 5.41) is 4.68. The molecule has 9 aromatic carbocycles. The second-order valence-corrected chi connectivity index (χ2v) is 15.6. The zero-order chi connectivity index (χ0) is 41.0. The third kappa shape index (κ3) is 5.90. The van der Waals surface area contributed by atoms with Crippen molar-refractivity contribution >= 4 is 43.6 Å². The molecule has 3 aromatic heterocycles. The van der Waals surface area contributed by atoms with E-state index in [0.29, 0.717) is 17.6 Å². The average Bonchev–Trinajstić information content (AvgIpc) is 3.88. The molecule has 0 bridgehead atoms. The molecule has 62 heavy (non-hydrogen) atoms. The van der Waals surface area contributed by atoms with Gasteiger partial charge in [-0.3, -0.25) is 4.57 Å². The predicted octanol–water partition coefficient (Wildman–Crippen LogP) is 14.4. The molecule has 0 fully saturated rings. The third-order valence-electron chi connectivity index (χ3n) is 12.0. The lowest BCUT2D eigenvalue weighted by Crippen LogP contribution is -2.06. The Balaban J connectivity index is 1.06. The summed E-state index contributed by atoms with van der Waals surface area (Å²) in [6.07, 6.45) is 0. The lowest BCUT2D eigenvalue weighted by atomic mass is 9.98. The highest BCUT2D eigenvalue weighted by atomic mass is 15.2. The molecule has 0 aliphatic carbocycles. The smallest absolute Gasteiger partial charge is 0.238 e. The molecule has 0 aliphatic rings. The zero-order valence-electron chi connectivity index (χ0n) is 33.6. The van der Waals surface area contributed by atoms with Crippen molar-refractivity contribution in [2.75, 3.05) is 0 Å². The number of rotatable bonds is 7. The number of benzene rings is 9. The maximum Gasteiger partial charge on any atom is 0.238 e. The Labute approximate surface area is 358 Å². The van der Waals surface area contributed by atoms with Gasteiger partial charge in [-0.2, -0.15) is 9.97 Å². The molecule has 0 unspecified atom stereocenters. The lowest BCUT2D eigenvalue weighted by Gasteiger charge is -2.14. The fourth-order valence-electron chi connectivity index (χ4n) is 9.15. The van der Waals surface area contributed by atoms with Crippen LogP contribution in [0.15, 0.2) is 224 Å². The minimum absolute atomic E-state index is 0.567. The first-order valence-corrected chi connectivity index (χ1v) is 21.0. The lowest BCUT2D eigenvalue weighted by molar-refractivity contribution is 0.953. The minimum atomic E-state index is 0.567. The third-order valence-corrected chi connectivity index (χ3v) is 12.0. The van der Waals surface area contributed by atoms with Crippen molar-refractivity contribution in [2.45, 2.75) is 0 Å². The topological polar surface area (TPSA) is 48.5 Å². The van der Waals surface area contributed by atoms with E-state index in [-0.39, 0.29) is 0 Å². The van der Waals surface area contributed by atoms with Crippen molar-refractivity contribution < 1.29 is 0 Å². The summed E-state index contributed by atoms with van der Waals surface area (Å²) < 4.78 is 4.64. The summed E-state index contributed by atoms with van der Waals surface area (Å²) in [5.41, 5.74) is 14.3. The quantitative estimate of drug-likeness (QED) is 0.162. The van der Waals surface area contributed by atoms with Gasteiger partial charge in [0.2, 0.25) is 5.95 Å². The summed E-state index contributed by atoms with van der Waals surface area (Å²) in [6.45, 7) is 0. The van der Waals surface area contributed by atoms with E-state index in [1.807, 2.05) is 18.2 Å². The number of hydrogen-bond donors (Lipinski definition) is 0. The standard InChI is InChI=1S/C57H37N5/c1-4-17-38(18-5-1)43-23-16-24-44(37-43)39-31-33-42(34-32-39)56-58-55(41-21-8-3-9-22-41)59-57(60-56)62-50-30-15-12-27-47(50)54-52(62)36-35-51-53(54)46-26-11-14-29-49(46)61(51)48-28-13-10-25-45(48)40-19-6-2-7-20-40/h1-37H. The van der Waals surface area contributed by atoms with Gasteiger partial charge in [0.15, 0.2) is 11.6 Å². The van der Waals surface area contributed by atoms with Crippen LogP contribution in [0, 0.1) is 0 Å². The van der Waals surface area contributed by atoms with Crippen LogP contribution in [0.2, 0.25) is 0 Å². The van der Waals surface area contributed by atoms with E-state index in [0.717, 1.165) is 60.8 Å². The van der Waals surface area contributed by atoms with Crippen LogP contribution in [0.1, 0.15) is 0 Å². The molecule has 3 heterocycles. The van der Waals surface area contributed by atoms with E-state index < -0.39 is 0 Å². The summed E-state index contributed by atoms with van der Waals surface area (Å²) in [5.74, 6) is 1.79. The van der Waals surface area contributed by atoms with Crippen molar-refractivity contribution in [3.8, 4) is 67.8 Å². The highest BCUT2D eigenvalue weighted by Gasteiger charge is 2.23. The van der Waals surface area contributed by atoms with Gasteiger partial charge in [-0.15, -0.1) is 0 Å². The van der Waals surface area contributed by atoms with E-state index in [2.05, 4.69) is 215 Å². The van der Waals surface area contributed by atoms with Gasteiger partial charge in [0.25, 0.3) is 0 Å². The Kier molecular flexibility index (Phi) is 8.42. The van der Waals surface area contributed by atoms with E-state index in [4.69, 9.17) is 15.0 Å². The van der Waals surface area contributed by atoms with E-state index in [9.17, 15) is 0 Å². The number of nitrogens with zero attached hydrogens (tertiary/aromatic N) is 5. The highest BCUT2D eigenvalue weighted by Crippen LogP contribution is 2.43. The van der Waals surface area contributed by atoms with Gasteiger partial charge >= 0.3 is 0 Å². The Bertz CT molecular complexity index is 3610. The Morgan fingerprint density at radius 3 is 1.34 bits per heavy atom. The number of fused-ring (bicyclic) bond motifs is 7. The average molecular weight is 792 g/mol. The van der Waals surface area contributed by atoms with Crippen LogP contribution in [0.25, 0.3) is 111 Å². The second kappa shape index (κ2) is 14.7. The van der Waals surface area contributed by atoms with Crippen LogP contribution in [0.5, 0.6) is 0 Å².